The number of halogens is 3. The lowest BCUT2D eigenvalue weighted by atomic mass is 10.2. The van der Waals surface area contributed by atoms with Crippen LogP contribution in [0.15, 0.2) is 46.9 Å². The van der Waals surface area contributed by atoms with Crippen molar-refractivity contribution in [1.29, 1.82) is 0 Å². The largest absolute Gasteiger partial charge is 0.322 e. The summed E-state index contributed by atoms with van der Waals surface area (Å²) in [5, 5.41) is 2.75. The minimum atomic E-state index is -0.503. The van der Waals surface area contributed by atoms with E-state index >= 15 is 0 Å². The van der Waals surface area contributed by atoms with Gasteiger partial charge in [-0.1, -0.05) is 29.8 Å². The minimum absolute atomic E-state index is 0.0733. The van der Waals surface area contributed by atoms with Crippen LogP contribution in [0, 0.1) is 5.82 Å². The van der Waals surface area contributed by atoms with Crippen LogP contribution in [0.1, 0.15) is 10.4 Å². The van der Waals surface area contributed by atoms with Crippen LogP contribution in [0.4, 0.5) is 10.1 Å². The topological polar surface area (TPSA) is 29.1 Å². The molecule has 0 unspecified atom stereocenters. The first-order valence-corrected chi connectivity index (χ1v) is 6.26. The minimum Gasteiger partial charge on any atom is -0.322 e. The lowest BCUT2D eigenvalue weighted by Crippen LogP contribution is -2.12. The molecule has 0 aromatic heterocycles. The van der Waals surface area contributed by atoms with Gasteiger partial charge in [0.2, 0.25) is 0 Å². The van der Waals surface area contributed by atoms with E-state index in [9.17, 15) is 9.18 Å². The molecule has 92 valence electrons. The number of amides is 1. The molecule has 18 heavy (non-hydrogen) atoms. The molecule has 0 atom stereocenters. The third kappa shape index (κ3) is 2.89. The summed E-state index contributed by atoms with van der Waals surface area (Å²) in [4.78, 5) is 12.0. The second kappa shape index (κ2) is 5.50. The molecule has 1 N–H and O–H groups in total. The SMILES string of the molecule is O=C(Nc1ccccc1)c1cc(Br)c(F)cc1Cl. The van der Waals surface area contributed by atoms with Gasteiger partial charge in [-0.15, -0.1) is 0 Å². The molecule has 2 nitrogen and oxygen atoms in total. The van der Waals surface area contributed by atoms with E-state index < -0.39 is 5.82 Å². The number of nitrogens with one attached hydrogen (secondary N) is 1. The van der Waals surface area contributed by atoms with Crippen LogP contribution in [0.2, 0.25) is 5.02 Å². The maximum atomic E-state index is 13.2. The molecule has 0 radical (unpaired) electrons. The van der Waals surface area contributed by atoms with Crippen LogP contribution in [-0.4, -0.2) is 5.91 Å². The molecule has 1 amide bonds. The maximum absolute atomic E-state index is 13.2. The summed E-state index contributed by atoms with van der Waals surface area (Å²) < 4.78 is 13.4. The average Bonchev–Trinajstić information content (AvgIpc) is 2.35. The molecule has 0 spiro atoms. The van der Waals surface area contributed by atoms with Crippen LogP contribution in [-0.2, 0) is 0 Å². The van der Waals surface area contributed by atoms with Gasteiger partial charge >= 0.3 is 0 Å². The van der Waals surface area contributed by atoms with Gasteiger partial charge < -0.3 is 5.32 Å². The fourth-order valence-corrected chi connectivity index (χ4v) is 2.00. The van der Waals surface area contributed by atoms with Gasteiger partial charge in [0, 0.05) is 5.69 Å². The Hall–Kier alpha value is -1.39. The van der Waals surface area contributed by atoms with E-state index in [-0.39, 0.29) is 21.0 Å². The van der Waals surface area contributed by atoms with Crippen molar-refractivity contribution in [2.24, 2.45) is 0 Å². The summed E-state index contributed by atoms with van der Waals surface area (Å²) in [7, 11) is 0. The highest BCUT2D eigenvalue weighted by Gasteiger charge is 2.13. The molecule has 5 heteroatoms. The maximum Gasteiger partial charge on any atom is 0.257 e. The van der Waals surface area contributed by atoms with E-state index in [0.717, 1.165) is 6.07 Å². The molecular weight excluding hydrogens is 321 g/mol. The molecule has 0 heterocycles. The Morgan fingerprint density at radius 2 is 1.89 bits per heavy atom. The van der Waals surface area contributed by atoms with Gasteiger partial charge in [-0.2, -0.15) is 0 Å². The number of carbonyl (C=O) groups is 1. The monoisotopic (exact) mass is 327 g/mol. The van der Waals surface area contributed by atoms with Crippen molar-refractivity contribution in [2.45, 2.75) is 0 Å². The smallest absolute Gasteiger partial charge is 0.257 e. The number of carbonyl (C=O) groups excluding carboxylic acids is 1. The van der Waals surface area contributed by atoms with Gasteiger partial charge in [0.05, 0.1) is 15.1 Å². The van der Waals surface area contributed by atoms with Crippen LogP contribution >= 0.6 is 27.5 Å². The molecule has 0 aliphatic rings. The Bertz CT molecular complexity index is 589. The third-order valence-corrected chi connectivity index (χ3v) is 3.21. The highest BCUT2D eigenvalue weighted by molar-refractivity contribution is 9.10. The van der Waals surface area contributed by atoms with Crippen LogP contribution < -0.4 is 5.32 Å². The molecule has 2 rings (SSSR count). The normalized spacial score (nSPS) is 10.2. The van der Waals surface area contributed by atoms with Crippen molar-refractivity contribution in [3.8, 4) is 0 Å². The zero-order chi connectivity index (χ0) is 13.1. The van der Waals surface area contributed by atoms with Crippen molar-refractivity contribution in [3.63, 3.8) is 0 Å². The van der Waals surface area contributed by atoms with Gasteiger partial charge in [0.1, 0.15) is 5.82 Å². The van der Waals surface area contributed by atoms with Crippen molar-refractivity contribution >= 4 is 39.1 Å². The molecule has 0 aliphatic heterocycles. The van der Waals surface area contributed by atoms with Gasteiger partial charge in [-0.05, 0) is 40.2 Å². The molecule has 0 bridgehead atoms. The Morgan fingerprint density at radius 3 is 2.56 bits per heavy atom. The van der Waals surface area contributed by atoms with Gasteiger partial charge in [-0.25, -0.2) is 4.39 Å². The first-order chi connectivity index (χ1) is 8.58. The van der Waals surface area contributed by atoms with Gasteiger partial charge in [-0.3, -0.25) is 4.79 Å². The van der Waals surface area contributed by atoms with Crippen molar-refractivity contribution < 1.29 is 9.18 Å². The number of hydrogen-bond acceptors (Lipinski definition) is 1. The second-order valence-corrected chi connectivity index (χ2v) is 4.83. The van der Waals surface area contributed by atoms with Gasteiger partial charge in [0.25, 0.3) is 5.91 Å². The highest BCUT2D eigenvalue weighted by atomic mass is 79.9. The summed E-state index contributed by atoms with van der Waals surface area (Å²) in [6.07, 6.45) is 0. The Kier molecular flexibility index (Phi) is 3.99. The zero-order valence-electron chi connectivity index (χ0n) is 9.08. The standard InChI is InChI=1S/C13H8BrClFNO/c14-10-6-9(11(15)7-12(10)16)13(18)17-8-4-2-1-3-5-8/h1-7H,(H,17,18). The Labute approximate surface area is 117 Å². The molecule has 2 aromatic carbocycles. The molecule has 0 saturated carbocycles. The fraction of sp³-hybridized carbons (Fsp3) is 0. The van der Waals surface area contributed by atoms with E-state index in [1.807, 2.05) is 6.07 Å². The number of anilines is 1. The lowest BCUT2D eigenvalue weighted by molar-refractivity contribution is 0.102. The summed E-state index contributed by atoms with van der Waals surface area (Å²) >= 11 is 8.86. The van der Waals surface area contributed by atoms with E-state index in [0.29, 0.717) is 5.69 Å². The number of rotatable bonds is 2. The molecule has 0 saturated heterocycles. The lowest BCUT2D eigenvalue weighted by Gasteiger charge is -2.07. The Balaban J connectivity index is 2.27. The quantitative estimate of drug-likeness (QED) is 0.808. The Morgan fingerprint density at radius 1 is 1.22 bits per heavy atom. The predicted molar refractivity (Wildman–Crippen MR) is 73.5 cm³/mol. The average molecular weight is 329 g/mol. The number of hydrogen-bond donors (Lipinski definition) is 1. The molecule has 2 aromatic rings. The van der Waals surface area contributed by atoms with Crippen LogP contribution in [0.3, 0.4) is 0 Å². The second-order valence-electron chi connectivity index (χ2n) is 3.57. The number of para-hydroxylation sites is 1. The van der Waals surface area contributed by atoms with E-state index in [2.05, 4.69) is 21.2 Å². The van der Waals surface area contributed by atoms with Crippen LogP contribution in [0.5, 0.6) is 0 Å². The van der Waals surface area contributed by atoms with Crippen molar-refractivity contribution in [3.05, 3.63) is 63.3 Å². The summed E-state index contributed by atoms with van der Waals surface area (Å²) in [5.74, 6) is -0.886. The van der Waals surface area contributed by atoms with Gasteiger partial charge in [0.15, 0.2) is 0 Å². The van der Waals surface area contributed by atoms with E-state index in [1.54, 1.807) is 24.3 Å². The summed E-state index contributed by atoms with van der Waals surface area (Å²) in [6, 6.07) is 11.4. The van der Waals surface area contributed by atoms with E-state index in [1.165, 1.54) is 6.07 Å². The first-order valence-electron chi connectivity index (χ1n) is 5.09. The van der Waals surface area contributed by atoms with E-state index in [4.69, 9.17) is 11.6 Å². The molecule has 0 fully saturated rings. The fourth-order valence-electron chi connectivity index (χ4n) is 1.42. The number of benzene rings is 2. The highest BCUT2D eigenvalue weighted by Crippen LogP contribution is 2.25. The predicted octanol–water partition coefficient (Wildman–Crippen LogP) is 4.49. The third-order valence-electron chi connectivity index (χ3n) is 2.29. The van der Waals surface area contributed by atoms with Crippen molar-refractivity contribution in [2.75, 3.05) is 5.32 Å². The zero-order valence-corrected chi connectivity index (χ0v) is 11.4. The molecular formula is C13H8BrClFNO. The van der Waals surface area contributed by atoms with Crippen LogP contribution in [0.25, 0.3) is 0 Å². The van der Waals surface area contributed by atoms with Crippen molar-refractivity contribution in [1.82, 2.24) is 0 Å². The molecule has 0 aliphatic carbocycles. The summed E-state index contributed by atoms with van der Waals surface area (Å²) in [5.41, 5.74) is 0.868. The first kappa shape index (κ1) is 13.1. The summed E-state index contributed by atoms with van der Waals surface area (Å²) in [6.45, 7) is 0.